The molecule has 1 amide bonds. The van der Waals surface area contributed by atoms with E-state index in [1.54, 1.807) is 4.90 Å². The van der Waals surface area contributed by atoms with Crippen molar-refractivity contribution in [3.05, 3.63) is 36.9 Å². The highest BCUT2D eigenvalue weighted by molar-refractivity contribution is 6.76. The van der Waals surface area contributed by atoms with Crippen molar-refractivity contribution in [1.29, 1.82) is 5.26 Å². The van der Waals surface area contributed by atoms with Gasteiger partial charge in [0.1, 0.15) is 18.0 Å². The van der Waals surface area contributed by atoms with Crippen LogP contribution in [-0.4, -0.2) is 87.7 Å². The summed E-state index contributed by atoms with van der Waals surface area (Å²) in [5, 5.41) is 15.6. The molecule has 2 fully saturated rings. The number of hydrogen-bond donors (Lipinski definition) is 0. The summed E-state index contributed by atoms with van der Waals surface area (Å²) in [4.78, 5) is 21.4. The first kappa shape index (κ1) is 30.3. The quantitative estimate of drug-likeness (QED) is 0.238. The largest absolute Gasteiger partial charge is 0.444 e. The molecule has 4 heterocycles. The van der Waals surface area contributed by atoms with Gasteiger partial charge in [0.05, 0.1) is 24.2 Å². The molecule has 0 bridgehead atoms. The van der Waals surface area contributed by atoms with Crippen LogP contribution in [0.5, 0.6) is 0 Å². The Bertz CT molecular complexity index is 1430. The average Bonchev–Trinajstić information content (AvgIpc) is 3.55. The molecule has 10 nitrogen and oxygen atoms in total. The van der Waals surface area contributed by atoms with Gasteiger partial charge in [-0.05, 0) is 57.4 Å². The van der Waals surface area contributed by atoms with Crippen LogP contribution in [0.2, 0.25) is 25.7 Å². The molecule has 11 heteroatoms. The van der Waals surface area contributed by atoms with Crippen LogP contribution < -0.4 is 0 Å². The highest BCUT2D eigenvalue weighted by Crippen LogP contribution is 2.45. The van der Waals surface area contributed by atoms with Crippen LogP contribution in [0.25, 0.3) is 22.2 Å². The van der Waals surface area contributed by atoms with E-state index >= 15 is 0 Å². The van der Waals surface area contributed by atoms with Gasteiger partial charge in [0.2, 0.25) is 0 Å². The van der Waals surface area contributed by atoms with Crippen LogP contribution in [-0.2, 0) is 21.7 Å². The first-order valence-electron chi connectivity index (χ1n) is 15.0. The number of pyridine rings is 1. The summed E-state index contributed by atoms with van der Waals surface area (Å²) in [6.07, 6.45) is 9.78. The zero-order chi connectivity index (χ0) is 30.1. The second kappa shape index (κ2) is 11.8. The van der Waals surface area contributed by atoms with E-state index in [2.05, 4.69) is 52.4 Å². The van der Waals surface area contributed by atoms with Crippen molar-refractivity contribution in [3.8, 4) is 17.2 Å². The minimum Gasteiger partial charge on any atom is -0.444 e. The van der Waals surface area contributed by atoms with Crippen molar-refractivity contribution >= 4 is 25.2 Å². The molecule has 0 unspecified atom stereocenters. The van der Waals surface area contributed by atoms with E-state index < -0.39 is 13.7 Å². The number of piperazine rings is 1. The number of fused-ring (bicyclic) bond motifs is 1. The first-order chi connectivity index (χ1) is 19.9. The number of carbonyl (C=O) groups excluding carboxylic acids is 1. The van der Waals surface area contributed by atoms with E-state index in [4.69, 9.17) is 14.6 Å². The Labute approximate surface area is 250 Å². The zero-order valence-electron chi connectivity index (χ0n) is 26.0. The average molecular weight is 592 g/mol. The molecule has 1 saturated carbocycles. The molecule has 2 aliphatic rings. The third-order valence-corrected chi connectivity index (χ3v) is 10.1. The molecule has 1 aliphatic heterocycles. The molecule has 3 aromatic rings. The fraction of sp³-hybridized carbons (Fsp3) is 0.613. The fourth-order valence-corrected chi connectivity index (χ4v) is 6.70. The van der Waals surface area contributed by atoms with E-state index in [-0.39, 0.29) is 11.6 Å². The van der Waals surface area contributed by atoms with Gasteiger partial charge in [0.25, 0.3) is 0 Å². The summed E-state index contributed by atoms with van der Waals surface area (Å²) < 4.78 is 15.6. The van der Waals surface area contributed by atoms with E-state index in [1.165, 1.54) is 0 Å². The van der Waals surface area contributed by atoms with Crippen molar-refractivity contribution in [2.45, 2.75) is 89.6 Å². The standard InChI is InChI=1S/C31H45N7O3Si/c1-30(2,3)41-29(39)36-15-13-35(14-16-36)25-19-31(20-25,9-10-32)38-22-24(21-34-38)26-7-11-33-28-27(26)8-12-37(28)23-40-17-18-42(4,5)6/h7-8,11-12,21-22,25H,9,13-20,23H2,1-6H3/t25-,31+. The molecule has 0 radical (unpaired) electrons. The lowest BCUT2D eigenvalue weighted by molar-refractivity contribution is -0.0268. The van der Waals surface area contributed by atoms with Gasteiger partial charge in [0, 0.05) is 76.4 Å². The predicted molar refractivity (Wildman–Crippen MR) is 166 cm³/mol. The lowest BCUT2D eigenvalue weighted by Crippen LogP contribution is -2.60. The Morgan fingerprint density at radius 1 is 1.17 bits per heavy atom. The Morgan fingerprint density at radius 2 is 1.90 bits per heavy atom. The molecule has 226 valence electrons. The highest BCUT2D eigenvalue weighted by atomic mass is 28.3. The Balaban J connectivity index is 1.23. The third kappa shape index (κ3) is 6.71. The fourth-order valence-electron chi connectivity index (χ4n) is 5.94. The van der Waals surface area contributed by atoms with Crippen LogP contribution >= 0.6 is 0 Å². The van der Waals surface area contributed by atoms with Crippen LogP contribution in [0.4, 0.5) is 4.79 Å². The van der Waals surface area contributed by atoms with E-state index in [1.807, 2.05) is 50.1 Å². The lowest BCUT2D eigenvalue weighted by Gasteiger charge is -2.52. The number of amides is 1. The van der Waals surface area contributed by atoms with Gasteiger partial charge in [-0.3, -0.25) is 9.58 Å². The number of nitrogens with zero attached hydrogens (tertiary/aromatic N) is 7. The van der Waals surface area contributed by atoms with Crippen LogP contribution in [0, 0.1) is 11.3 Å². The maximum absolute atomic E-state index is 12.5. The smallest absolute Gasteiger partial charge is 0.410 e. The summed E-state index contributed by atoms with van der Waals surface area (Å²) in [6.45, 7) is 16.9. The molecular formula is C31H45N7O3Si. The van der Waals surface area contributed by atoms with Crippen LogP contribution in [0.3, 0.4) is 0 Å². The first-order valence-corrected chi connectivity index (χ1v) is 18.7. The normalized spacial score (nSPS) is 21.7. The number of nitriles is 1. The third-order valence-electron chi connectivity index (χ3n) is 8.39. The second-order valence-corrected chi connectivity index (χ2v) is 19.6. The van der Waals surface area contributed by atoms with E-state index in [9.17, 15) is 10.1 Å². The number of hydrogen-bond acceptors (Lipinski definition) is 7. The minimum absolute atomic E-state index is 0.242. The van der Waals surface area contributed by atoms with Crippen molar-refractivity contribution in [2.24, 2.45) is 0 Å². The summed E-state index contributed by atoms with van der Waals surface area (Å²) in [5.41, 5.74) is 2.19. The summed E-state index contributed by atoms with van der Waals surface area (Å²) in [5.74, 6) is 0. The molecule has 1 aliphatic carbocycles. The zero-order valence-corrected chi connectivity index (χ0v) is 27.0. The molecule has 1 saturated heterocycles. The molecule has 3 aromatic heterocycles. The van der Waals surface area contributed by atoms with E-state index in [0.717, 1.165) is 60.7 Å². The van der Waals surface area contributed by atoms with Gasteiger partial charge in [-0.15, -0.1) is 0 Å². The van der Waals surface area contributed by atoms with Gasteiger partial charge in [-0.1, -0.05) is 19.6 Å². The highest BCUT2D eigenvalue weighted by Gasteiger charge is 2.49. The van der Waals surface area contributed by atoms with Crippen molar-refractivity contribution in [2.75, 3.05) is 32.8 Å². The molecule has 42 heavy (non-hydrogen) atoms. The maximum atomic E-state index is 12.5. The van der Waals surface area contributed by atoms with Crippen molar-refractivity contribution in [1.82, 2.24) is 29.1 Å². The SMILES string of the molecule is CC(C)(C)OC(=O)N1CCN([C@H]2C[C@@](CC#N)(n3cc(-c4ccnc5c4ccn5COCC[Si](C)(C)C)cn3)C2)CC1. The Morgan fingerprint density at radius 3 is 2.57 bits per heavy atom. The Kier molecular flexibility index (Phi) is 8.52. The van der Waals surface area contributed by atoms with E-state index in [0.29, 0.717) is 32.3 Å². The van der Waals surface area contributed by atoms with Gasteiger partial charge < -0.3 is 18.9 Å². The van der Waals surface area contributed by atoms with Crippen molar-refractivity contribution in [3.63, 3.8) is 0 Å². The summed E-state index contributed by atoms with van der Waals surface area (Å²) >= 11 is 0. The lowest BCUT2D eigenvalue weighted by atomic mass is 9.70. The number of ether oxygens (including phenoxy) is 2. The summed E-state index contributed by atoms with van der Waals surface area (Å²) in [6, 6.07) is 8.05. The molecule has 0 aromatic carbocycles. The molecule has 0 N–H and O–H groups in total. The van der Waals surface area contributed by atoms with Gasteiger partial charge in [-0.25, -0.2) is 9.78 Å². The van der Waals surface area contributed by atoms with Crippen LogP contribution in [0.15, 0.2) is 36.9 Å². The van der Waals surface area contributed by atoms with Crippen molar-refractivity contribution < 1.29 is 14.3 Å². The molecule has 0 spiro atoms. The Hall–Kier alpha value is -3.20. The number of rotatable bonds is 9. The van der Waals surface area contributed by atoms with Gasteiger partial charge in [0.15, 0.2) is 0 Å². The molecule has 5 rings (SSSR count). The molecular weight excluding hydrogens is 546 g/mol. The van der Waals surface area contributed by atoms with Gasteiger partial charge >= 0.3 is 6.09 Å². The summed E-state index contributed by atoms with van der Waals surface area (Å²) in [7, 11) is -1.13. The topological polar surface area (TPSA) is 101 Å². The predicted octanol–water partition coefficient (Wildman–Crippen LogP) is 5.54. The van der Waals surface area contributed by atoms with Gasteiger partial charge in [-0.2, -0.15) is 10.4 Å². The minimum atomic E-state index is -1.13. The monoisotopic (exact) mass is 591 g/mol. The number of aromatic nitrogens is 4. The number of carbonyl (C=O) groups is 1. The van der Waals surface area contributed by atoms with Crippen LogP contribution in [0.1, 0.15) is 40.0 Å². The maximum Gasteiger partial charge on any atom is 0.410 e. The second-order valence-electron chi connectivity index (χ2n) is 14.0. The molecule has 0 atom stereocenters.